The molecule has 0 spiro atoms. The molecule has 1 aliphatic rings. The first kappa shape index (κ1) is 8.76. The lowest BCUT2D eigenvalue weighted by molar-refractivity contribution is 0.632. The minimum absolute atomic E-state index is 0.276. The van der Waals surface area contributed by atoms with E-state index in [9.17, 15) is 0 Å². The second-order valence-electron chi connectivity index (χ2n) is 4.28. The lowest BCUT2D eigenvalue weighted by atomic mass is 9.99. The molecule has 0 saturated heterocycles. The molecule has 0 aliphatic heterocycles. The molecule has 1 heteroatoms. The van der Waals surface area contributed by atoms with Crippen molar-refractivity contribution in [3.63, 3.8) is 0 Å². The highest BCUT2D eigenvalue weighted by molar-refractivity contribution is 5.31. The summed E-state index contributed by atoms with van der Waals surface area (Å²) in [6.07, 6.45) is 2.63. The lowest BCUT2D eigenvalue weighted by Crippen LogP contribution is -2.12. The molecule has 2 rings (SSSR count). The molecule has 70 valence electrons. The number of nitrogens with two attached hydrogens (primary N) is 1. The highest BCUT2D eigenvalue weighted by Gasteiger charge is 2.29. The summed E-state index contributed by atoms with van der Waals surface area (Å²) >= 11 is 0. The molecule has 0 aromatic heterocycles. The predicted molar refractivity (Wildman–Crippen MR) is 55.6 cm³/mol. The molecule has 0 amide bonds. The quantitative estimate of drug-likeness (QED) is 0.734. The molecule has 0 heterocycles. The summed E-state index contributed by atoms with van der Waals surface area (Å²) in [6, 6.07) is 6.91. The molecule has 1 nitrogen and oxygen atoms in total. The van der Waals surface area contributed by atoms with Crippen molar-refractivity contribution < 1.29 is 0 Å². The average Bonchev–Trinajstić information content (AvgIpc) is 2.83. The van der Waals surface area contributed by atoms with Crippen molar-refractivity contribution in [1.29, 1.82) is 0 Å². The predicted octanol–water partition coefficient (Wildman–Crippen LogP) is 2.71. The van der Waals surface area contributed by atoms with Gasteiger partial charge < -0.3 is 5.73 Å². The smallest absolute Gasteiger partial charge is 0.0323 e. The van der Waals surface area contributed by atoms with Crippen molar-refractivity contribution in [1.82, 2.24) is 0 Å². The molecule has 1 saturated carbocycles. The molecule has 0 radical (unpaired) electrons. The summed E-state index contributed by atoms with van der Waals surface area (Å²) in [5.74, 6) is 0.751. The Morgan fingerprint density at radius 2 is 1.69 bits per heavy atom. The molecule has 13 heavy (non-hydrogen) atoms. The Labute approximate surface area is 80.0 Å². The SMILES string of the molecule is Cc1cc(C)cc([C@H](N)C2CC2)c1. The first-order chi connectivity index (χ1) is 6.16. The van der Waals surface area contributed by atoms with Crippen LogP contribution in [0.4, 0.5) is 0 Å². The summed E-state index contributed by atoms with van der Waals surface area (Å²) < 4.78 is 0. The molecular formula is C12H17N. The van der Waals surface area contributed by atoms with Gasteiger partial charge >= 0.3 is 0 Å². The Bertz CT molecular complexity index is 293. The van der Waals surface area contributed by atoms with E-state index in [0.717, 1.165) is 5.92 Å². The van der Waals surface area contributed by atoms with Crippen LogP contribution in [0.25, 0.3) is 0 Å². The zero-order chi connectivity index (χ0) is 9.42. The van der Waals surface area contributed by atoms with Crippen LogP contribution >= 0.6 is 0 Å². The zero-order valence-corrected chi connectivity index (χ0v) is 8.38. The summed E-state index contributed by atoms with van der Waals surface area (Å²) in [4.78, 5) is 0. The lowest BCUT2D eigenvalue weighted by Gasteiger charge is -2.12. The number of benzene rings is 1. The largest absolute Gasteiger partial charge is 0.324 e. The van der Waals surface area contributed by atoms with Crippen LogP contribution in [-0.4, -0.2) is 0 Å². The molecule has 1 aromatic carbocycles. The zero-order valence-electron chi connectivity index (χ0n) is 8.38. The minimum Gasteiger partial charge on any atom is -0.324 e. The number of rotatable bonds is 2. The fourth-order valence-electron chi connectivity index (χ4n) is 1.93. The van der Waals surface area contributed by atoms with E-state index in [0.29, 0.717) is 0 Å². The van der Waals surface area contributed by atoms with E-state index >= 15 is 0 Å². The number of hydrogen-bond donors (Lipinski definition) is 1. The maximum Gasteiger partial charge on any atom is 0.0323 e. The fraction of sp³-hybridized carbons (Fsp3) is 0.500. The number of aryl methyl sites for hydroxylation is 2. The van der Waals surface area contributed by atoms with E-state index in [1.165, 1.54) is 29.5 Å². The molecule has 2 N–H and O–H groups in total. The first-order valence-corrected chi connectivity index (χ1v) is 5.00. The van der Waals surface area contributed by atoms with Crippen molar-refractivity contribution >= 4 is 0 Å². The molecule has 0 bridgehead atoms. The summed E-state index contributed by atoms with van der Waals surface area (Å²) in [6.45, 7) is 4.27. The molecule has 1 atom stereocenters. The van der Waals surface area contributed by atoms with E-state index in [1.54, 1.807) is 0 Å². The van der Waals surface area contributed by atoms with Gasteiger partial charge in [0.15, 0.2) is 0 Å². The topological polar surface area (TPSA) is 26.0 Å². The third-order valence-electron chi connectivity index (χ3n) is 2.76. The molecule has 0 unspecified atom stereocenters. The van der Waals surface area contributed by atoms with Gasteiger partial charge in [-0.1, -0.05) is 29.3 Å². The van der Waals surface area contributed by atoms with E-state index < -0.39 is 0 Å². The normalized spacial score (nSPS) is 18.7. The third-order valence-corrected chi connectivity index (χ3v) is 2.76. The summed E-state index contributed by atoms with van der Waals surface area (Å²) in [5, 5.41) is 0. The van der Waals surface area contributed by atoms with Crippen molar-refractivity contribution in [2.75, 3.05) is 0 Å². The number of hydrogen-bond acceptors (Lipinski definition) is 1. The van der Waals surface area contributed by atoms with Crippen LogP contribution in [-0.2, 0) is 0 Å². The maximum atomic E-state index is 6.14. The fourth-order valence-corrected chi connectivity index (χ4v) is 1.93. The van der Waals surface area contributed by atoms with Gasteiger partial charge in [-0.05, 0) is 38.2 Å². The minimum atomic E-state index is 0.276. The van der Waals surface area contributed by atoms with Crippen molar-refractivity contribution in [2.24, 2.45) is 11.7 Å². The van der Waals surface area contributed by atoms with Gasteiger partial charge in [0.2, 0.25) is 0 Å². The van der Waals surface area contributed by atoms with Crippen molar-refractivity contribution in [3.05, 3.63) is 34.9 Å². The van der Waals surface area contributed by atoms with Crippen LogP contribution < -0.4 is 5.73 Å². The van der Waals surface area contributed by atoms with Gasteiger partial charge in [-0.25, -0.2) is 0 Å². The average molecular weight is 175 g/mol. The standard InChI is InChI=1S/C12H17N/c1-8-5-9(2)7-11(6-8)12(13)10-3-4-10/h5-7,10,12H,3-4,13H2,1-2H3/t12-/m1/s1. The van der Waals surface area contributed by atoms with Gasteiger partial charge in [0.05, 0.1) is 0 Å². The molecule has 1 aromatic rings. The Balaban J connectivity index is 2.27. The Morgan fingerprint density at radius 3 is 2.15 bits per heavy atom. The molecule has 1 aliphatic carbocycles. The van der Waals surface area contributed by atoms with E-state index in [2.05, 4.69) is 32.0 Å². The first-order valence-electron chi connectivity index (χ1n) is 5.00. The third kappa shape index (κ3) is 1.92. The molecule has 1 fully saturated rings. The van der Waals surface area contributed by atoms with Crippen LogP contribution in [0.5, 0.6) is 0 Å². The summed E-state index contributed by atoms with van der Waals surface area (Å²) in [5.41, 5.74) is 10.1. The van der Waals surface area contributed by atoms with Gasteiger partial charge in [-0.2, -0.15) is 0 Å². The van der Waals surface area contributed by atoms with Gasteiger partial charge in [0.25, 0.3) is 0 Å². The van der Waals surface area contributed by atoms with Crippen LogP contribution in [0.3, 0.4) is 0 Å². The second-order valence-corrected chi connectivity index (χ2v) is 4.28. The van der Waals surface area contributed by atoms with Gasteiger partial charge in [-0.15, -0.1) is 0 Å². The van der Waals surface area contributed by atoms with Gasteiger partial charge in [0, 0.05) is 6.04 Å². The van der Waals surface area contributed by atoms with Gasteiger partial charge in [-0.3, -0.25) is 0 Å². The Kier molecular flexibility index (Phi) is 2.12. The Hall–Kier alpha value is -0.820. The summed E-state index contributed by atoms with van der Waals surface area (Å²) in [7, 11) is 0. The van der Waals surface area contributed by atoms with Crippen molar-refractivity contribution in [2.45, 2.75) is 32.7 Å². The van der Waals surface area contributed by atoms with Crippen LogP contribution in [0.2, 0.25) is 0 Å². The highest BCUT2D eigenvalue weighted by Crippen LogP contribution is 2.39. The van der Waals surface area contributed by atoms with E-state index in [1.807, 2.05) is 0 Å². The van der Waals surface area contributed by atoms with Crippen molar-refractivity contribution in [3.8, 4) is 0 Å². The van der Waals surface area contributed by atoms with Crippen LogP contribution in [0.1, 0.15) is 35.6 Å². The van der Waals surface area contributed by atoms with E-state index in [-0.39, 0.29) is 6.04 Å². The van der Waals surface area contributed by atoms with Gasteiger partial charge in [0.1, 0.15) is 0 Å². The Morgan fingerprint density at radius 1 is 1.15 bits per heavy atom. The molecular weight excluding hydrogens is 158 g/mol. The van der Waals surface area contributed by atoms with Crippen LogP contribution in [0, 0.1) is 19.8 Å². The monoisotopic (exact) mass is 175 g/mol. The highest BCUT2D eigenvalue weighted by atomic mass is 14.7. The van der Waals surface area contributed by atoms with E-state index in [4.69, 9.17) is 5.73 Å². The maximum absolute atomic E-state index is 6.14. The second kappa shape index (κ2) is 3.15. The van der Waals surface area contributed by atoms with Crippen LogP contribution in [0.15, 0.2) is 18.2 Å².